The van der Waals surface area contributed by atoms with Crippen LogP contribution in [0.3, 0.4) is 0 Å². The Morgan fingerprint density at radius 2 is 2.26 bits per heavy atom. The van der Waals surface area contributed by atoms with Crippen LogP contribution >= 0.6 is 11.6 Å². The summed E-state index contributed by atoms with van der Waals surface area (Å²) in [5, 5.41) is 12.3. The van der Waals surface area contributed by atoms with Crippen LogP contribution in [-0.4, -0.2) is 9.97 Å². The van der Waals surface area contributed by atoms with Gasteiger partial charge in [0.15, 0.2) is 5.82 Å². The Morgan fingerprint density at radius 3 is 3.00 bits per heavy atom. The molecule has 0 fully saturated rings. The van der Waals surface area contributed by atoms with Crippen LogP contribution in [0.15, 0.2) is 30.5 Å². The summed E-state index contributed by atoms with van der Waals surface area (Å²) in [5.74, 6) is 5.99. The fraction of sp³-hybridized carbons (Fsp3) is 0.0833. The predicted molar refractivity (Wildman–Crippen MR) is 73.3 cm³/mol. The molecule has 0 bridgehead atoms. The molecule has 0 spiro atoms. The minimum Gasteiger partial charge on any atom is -0.365 e. The zero-order valence-corrected chi connectivity index (χ0v) is 10.6. The molecule has 2 aromatic rings. The highest BCUT2D eigenvalue weighted by Gasteiger charge is 2.04. The summed E-state index contributed by atoms with van der Waals surface area (Å²) in [6.45, 7) is 0.496. The van der Waals surface area contributed by atoms with Crippen LogP contribution in [0, 0.1) is 11.3 Å². The number of aromatic nitrogens is 2. The number of anilines is 2. The molecular weight excluding hydrogens is 264 g/mol. The first-order valence-corrected chi connectivity index (χ1v) is 5.83. The van der Waals surface area contributed by atoms with Gasteiger partial charge in [0.1, 0.15) is 5.02 Å². The van der Waals surface area contributed by atoms with Gasteiger partial charge in [-0.25, -0.2) is 10.8 Å². The third-order valence-corrected chi connectivity index (χ3v) is 2.67. The van der Waals surface area contributed by atoms with E-state index in [4.69, 9.17) is 22.7 Å². The minimum absolute atomic E-state index is 0.276. The van der Waals surface area contributed by atoms with Crippen molar-refractivity contribution in [1.29, 1.82) is 5.26 Å². The maximum Gasteiger partial charge on any atom is 0.239 e. The van der Waals surface area contributed by atoms with Gasteiger partial charge in [0, 0.05) is 6.54 Å². The standard InChI is InChI=1S/C12H11ClN6/c13-10-7-17-12(19-15)18-11(10)16-6-9-3-1-2-8(4-9)5-14/h1-4,7H,6,15H2,(H2,16,17,18,19). The van der Waals surface area contributed by atoms with Crippen LogP contribution < -0.4 is 16.6 Å². The fourth-order valence-corrected chi connectivity index (χ4v) is 1.66. The molecule has 0 aliphatic rings. The van der Waals surface area contributed by atoms with Gasteiger partial charge >= 0.3 is 0 Å². The van der Waals surface area contributed by atoms with Gasteiger partial charge in [-0.3, -0.25) is 5.43 Å². The van der Waals surface area contributed by atoms with Crippen LogP contribution in [0.1, 0.15) is 11.1 Å². The first-order valence-electron chi connectivity index (χ1n) is 5.45. The number of nitrogens with one attached hydrogen (secondary N) is 2. The minimum atomic E-state index is 0.276. The maximum absolute atomic E-state index is 8.83. The summed E-state index contributed by atoms with van der Waals surface area (Å²) >= 11 is 5.97. The topological polar surface area (TPSA) is 99.7 Å². The van der Waals surface area contributed by atoms with E-state index in [9.17, 15) is 0 Å². The lowest BCUT2D eigenvalue weighted by atomic mass is 10.1. The summed E-state index contributed by atoms with van der Waals surface area (Å²) in [5.41, 5.74) is 3.91. The van der Waals surface area contributed by atoms with Gasteiger partial charge in [0.25, 0.3) is 0 Å². The van der Waals surface area contributed by atoms with Gasteiger partial charge in [-0.2, -0.15) is 10.2 Å². The van der Waals surface area contributed by atoms with Crippen molar-refractivity contribution in [1.82, 2.24) is 9.97 Å². The smallest absolute Gasteiger partial charge is 0.239 e. The van der Waals surface area contributed by atoms with Crippen molar-refractivity contribution in [3.8, 4) is 6.07 Å². The summed E-state index contributed by atoms with van der Waals surface area (Å²) in [6.07, 6.45) is 1.46. The van der Waals surface area contributed by atoms with E-state index in [0.29, 0.717) is 22.9 Å². The number of halogens is 1. The van der Waals surface area contributed by atoms with E-state index in [2.05, 4.69) is 26.8 Å². The molecule has 0 aliphatic heterocycles. The number of hydrogen-bond acceptors (Lipinski definition) is 6. The Kier molecular flexibility index (Phi) is 4.13. The Labute approximate surface area is 115 Å². The molecule has 6 nitrogen and oxygen atoms in total. The fourth-order valence-electron chi connectivity index (χ4n) is 1.50. The third kappa shape index (κ3) is 3.31. The number of rotatable bonds is 4. The van der Waals surface area contributed by atoms with E-state index in [1.807, 2.05) is 12.1 Å². The first kappa shape index (κ1) is 13.1. The number of hydrogen-bond donors (Lipinski definition) is 3. The van der Waals surface area contributed by atoms with Gasteiger partial charge < -0.3 is 5.32 Å². The second-order valence-electron chi connectivity index (χ2n) is 3.70. The molecule has 1 aromatic heterocycles. The molecule has 96 valence electrons. The largest absolute Gasteiger partial charge is 0.365 e. The molecule has 19 heavy (non-hydrogen) atoms. The summed E-state index contributed by atoms with van der Waals surface area (Å²) in [6, 6.07) is 9.36. The van der Waals surface area contributed by atoms with Crippen molar-refractivity contribution in [2.45, 2.75) is 6.54 Å². The molecule has 4 N–H and O–H groups in total. The van der Waals surface area contributed by atoms with Crippen LogP contribution in [0.5, 0.6) is 0 Å². The van der Waals surface area contributed by atoms with E-state index >= 15 is 0 Å². The lowest BCUT2D eigenvalue weighted by molar-refractivity contribution is 1.07. The van der Waals surface area contributed by atoms with E-state index in [-0.39, 0.29) is 5.95 Å². The maximum atomic E-state index is 8.83. The number of nitrogens with zero attached hydrogens (tertiary/aromatic N) is 3. The molecule has 0 atom stereocenters. The van der Waals surface area contributed by atoms with Crippen LogP contribution in [-0.2, 0) is 6.54 Å². The van der Waals surface area contributed by atoms with Crippen molar-refractivity contribution < 1.29 is 0 Å². The first-order chi connectivity index (χ1) is 9.22. The number of nitrogens with two attached hydrogens (primary N) is 1. The average molecular weight is 275 g/mol. The zero-order chi connectivity index (χ0) is 13.7. The van der Waals surface area contributed by atoms with Crippen molar-refractivity contribution in [3.63, 3.8) is 0 Å². The Balaban J connectivity index is 2.12. The highest BCUT2D eigenvalue weighted by Crippen LogP contribution is 2.19. The monoisotopic (exact) mass is 274 g/mol. The molecule has 0 saturated heterocycles. The van der Waals surface area contributed by atoms with Crippen molar-refractivity contribution in [3.05, 3.63) is 46.6 Å². The molecular formula is C12H11ClN6. The average Bonchev–Trinajstić information content (AvgIpc) is 2.46. The Hall–Kier alpha value is -2.36. The van der Waals surface area contributed by atoms with Gasteiger partial charge in [-0.15, -0.1) is 0 Å². The molecule has 1 aromatic carbocycles. The normalized spacial score (nSPS) is 9.74. The predicted octanol–water partition coefficient (Wildman–Crippen LogP) is 1.90. The number of hydrazine groups is 1. The van der Waals surface area contributed by atoms with Gasteiger partial charge in [-0.05, 0) is 17.7 Å². The quantitative estimate of drug-likeness (QED) is 0.582. The molecule has 0 radical (unpaired) electrons. The van der Waals surface area contributed by atoms with Crippen LogP contribution in [0.2, 0.25) is 5.02 Å². The van der Waals surface area contributed by atoms with Crippen LogP contribution in [0.25, 0.3) is 0 Å². The van der Waals surface area contributed by atoms with Gasteiger partial charge in [0.05, 0.1) is 17.8 Å². The molecule has 1 heterocycles. The lowest BCUT2D eigenvalue weighted by Gasteiger charge is -2.08. The molecule has 0 unspecified atom stereocenters. The van der Waals surface area contributed by atoms with Crippen molar-refractivity contribution in [2.24, 2.45) is 5.84 Å². The number of nitrogen functional groups attached to an aromatic ring is 1. The Bertz CT molecular complexity index is 622. The SMILES string of the molecule is N#Cc1cccc(CNc2nc(NN)ncc2Cl)c1. The Morgan fingerprint density at radius 1 is 1.42 bits per heavy atom. The molecule has 0 saturated carbocycles. The van der Waals surface area contributed by atoms with Crippen LogP contribution in [0.4, 0.5) is 11.8 Å². The summed E-state index contributed by atoms with van der Waals surface area (Å²) in [7, 11) is 0. The van der Waals surface area contributed by atoms with E-state index < -0.39 is 0 Å². The van der Waals surface area contributed by atoms with Crippen molar-refractivity contribution >= 4 is 23.4 Å². The third-order valence-electron chi connectivity index (χ3n) is 2.39. The molecule has 0 amide bonds. The zero-order valence-electron chi connectivity index (χ0n) is 9.89. The molecule has 7 heteroatoms. The summed E-state index contributed by atoms with van der Waals surface area (Å²) in [4.78, 5) is 7.97. The van der Waals surface area contributed by atoms with E-state index in [0.717, 1.165) is 5.56 Å². The number of nitriles is 1. The summed E-state index contributed by atoms with van der Waals surface area (Å²) < 4.78 is 0. The van der Waals surface area contributed by atoms with E-state index in [1.165, 1.54) is 6.20 Å². The number of benzene rings is 1. The van der Waals surface area contributed by atoms with Crippen molar-refractivity contribution in [2.75, 3.05) is 10.7 Å². The highest BCUT2D eigenvalue weighted by molar-refractivity contribution is 6.32. The lowest BCUT2D eigenvalue weighted by Crippen LogP contribution is -2.12. The molecule has 0 aliphatic carbocycles. The molecule has 2 rings (SSSR count). The highest BCUT2D eigenvalue weighted by atomic mass is 35.5. The van der Waals surface area contributed by atoms with Gasteiger partial charge in [-0.1, -0.05) is 23.7 Å². The van der Waals surface area contributed by atoms with E-state index in [1.54, 1.807) is 12.1 Å². The second kappa shape index (κ2) is 6.00. The van der Waals surface area contributed by atoms with Gasteiger partial charge in [0.2, 0.25) is 5.95 Å². The second-order valence-corrected chi connectivity index (χ2v) is 4.11.